The maximum Gasteiger partial charge on any atom is 0.322 e. The first-order valence-electron chi connectivity index (χ1n) is 9.16. The molecule has 0 saturated heterocycles. The summed E-state index contributed by atoms with van der Waals surface area (Å²) < 4.78 is 15.0. The van der Waals surface area contributed by atoms with Crippen molar-refractivity contribution in [2.24, 2.45) is 5.92 Å². The SMILES string of the molecule is Cc1nnc2n1CC(C(=O)O)N(CC(=O)NC(c1ccc(F)cc1)C(C)C)C2. The van der Waals surface area contributed by atoms with E-state index >= 15 is 0 Å². The zero-order chi connectivity index (χ0) is 20.4. The maximum absolute atomic E-state index is 13.2. The largest absolute Gasteiger partial charge is 0.480 e. The smallest absolute Gasteiger partial charge is 0.322 e. The molecular formula is C19H24FN5O3. The van der Waals surface area contributed by atoms with E-state index in [2.05, 4.69) is 15.5 Å². The Morgan fingerprint density at radius 1 is 1.29 bits per heavy atom. The van der Waals surface area contributed by atoms with Crippen molar-refractivity contribution in [1.82, 2.24) is 25.0 Å². The summed E-state index contributed by atoms with van der Waals surface area (Å²) in [6, 6.07) is 4.87. The van der Waals surface area contributed by atoms with Crippen LogP contribution < -0.4 is 5.32 Å². The number of aryl methyl sites for hydroxylation is 1. The van der Waals surface area contributed by atoms with E-state index in [0.29, 0.717) is 11.6 Å². The van der Waals surface area contributed by atoms with Crippen molar-refractivity contribution in [3.05, 3.63) is 47.3 Å². The van der Waals surface area contributed by atoms with Crippen LogP contribution in [-0.2, 0) is 22.7 Å². The van der Waals surface area contributed by atoms with Gasteiger partial charge in [-0.05, 0) is 30.5 Å². The first-order chi connectivity index (χ1) is 13.3. The minimum atomic E-state index is -0.995. The molecule has 1 aliphatic rings. The summed E-state index contributed by atoms with van der Waals surface area (Å²) in [5.41, 5.74) is 0.800. The van der Waals surface area contributed by atoms with Gasteiger partial charge in [0, 0.05) is 0 Å². The second-order valence-corrected chi connectivity index (χ2v) is 7.37. The Balaban J connectivity index is 1.73. The number of rotatable bonds is 6. The van der Waals surface area contributed by atoms with E-state index in [9.17, 15) is 19.1 Å². The molecule has 3 rings (SSSR count). The van der Waals surface area contributed by atoms with Crippen molar-refractivity contribution in [2.75, 3.05) is 6.54 Å². The highest BCUT2D eigenvalue weighted by Crippen LogP contribution is 2.23. The summed E-state index contributed by atoms with van der Waals surface area (Å²) in [5, 5.41) is 20.6. The monoisotopic (exact) mass is 389 g/mol. The molecule has 9 heteroatoms. The molecule has 0 saturated carbocycles. The molecule has 0 aliphatic carbocycles. The predicted octanol–water partition coefficient (Wildman–Crippen LogP) is 1.51. The molecule has 0 bridgehead atoms. The Morgan fingerprint density at radius 2 is 1.96 bits per heavy atom. The molecule has 1 aromatic heterocycles. The van der Waals surface area contributed by atoms with Crippen molar-refractivity contribution in [2.45, 2.75) is 45.9 Å². The van der Waals surface area contributed by atoms with E-state index in [4.69, 9.17) is 0 Å². The lowest BCUT2D eigenvalue weighted by atomic mass is 9.96. The molecule has 1 amide bonds. The summed E-state index contributed by atoms with van der Waals surface area (Å²) in [5.74, 6) is -0.251. The summed E-state index contributed by atoms with van der Waals surface area (Å²) in [6.07, 6.45) is 0. The second-order valence-electron chi connectivity index (χ2n) is 7.37. The molecule has 2 aromatic rings. The fourth-order valence-electron chi connectivity index (χ4n) is 3.47. The quantitative estimate of drug-likeness (QED) is 0.777. The van der Waals surface area contributed by atoms with Crippen molar-refractivity contribution in [3.8, 4) is 0 Å². The molecule has 150 valence electrons. The number of halogens is 1. The molecule has 8 nitrogen and oxygen atoms in total. The van der Waals surface area contributed by atoms with Gasteiger partial charge in [-0.1, -0.05) is 26.0 Å². The lowest BCUT2D eigenvalue weighted by Crippen LogP contribution is -2.51. The van der Waals surface area contributed by atoms with E-state index in [1.807, 2.05) is 13.8 Å². The number of aliphatic carboxylic acids is 1. The van der Waals surface area contributed by atoms with Gasteiger partial charge in [0.15, 0.2) is 0 Å². The van der Waals surface area contributed by atoms with Crippen LogP contribution in [0, 0.1) is 18.7 Å². The standard InChI is InChI=1S/C19H24FN5O3/c1-11(2)18(13-4-6-14(20)7-5-13)21-17(26)10-24-9-16-23-22-12(3)25(16)8-15(24)19(27)28/h4-7,11,15,18H,8-10H2,1-3H3,(H,21,26)(H,27,28). The van der Waals surface area contributed by atoms with Gasteiger partial charge >= 0.3 is 5.97 Å². The predicted molar refractivity (Wildman–Crippen MR) is 98.7 cm³/mol. The van der Waals surface area contributed by atoms with Crippen LogP contribution in [0.2, 0.25) is 0 Å². The van der Waals surface area contributed by atoms with Crippen LogP contribution in [-0.4, -0.2) is 49.2 Å². The van der Waals surface area contributed by atoms with Crippen molar-refractivity contribution in [1.29, 1.82) is 0 Å². The Kier molecular flexibility index (Phi) is 5.73. The number of fused-ring (bicyclic) bond motifs is 1. The molecular weight excluding hydrogens is 365 g/mol. The first kappa shape index (κ1) is 19.9. The highest BCUT2D eigenvalue weighted by molar-refractivity contribution is 5.80. The molecule has 1 aromatic carbocycles. The number of aromatic nitrogens is 3. The average Bonchev–Trinajstić information content (AvgIpc) is 2.99. The first-order valence-corrected chi connectivity index (χ1v) is 9.16. The minimum Gasteiger partial charge on any atom is -0.480 e. The molecule has 28 heavy (non-hydrogen) atoms. The number of nitrogens with zero attached hydrogens (tertiary/aromatic N) is 4. The summed E-state index contributed by atoms with van der Waals surface area (Å²) in [6.45, 7) is 6.04. The fourth-order valence-corrected chi connectivity index (χ4v) is 3.47. The summed E-state index contributed by atoms with van der Waals surface area (Å²) in [7, 11) is 0. The Hall–Kier alpha value is -2.81. The molecule has 2 heterocycles. The summed E-state index contributed by atoms with van der Waals surface area (Å²) >= 11 is 0. The van der Waals surface area contributed by atoms with Gasteiger partial charge in [-0.3, -0.25) is 14.5 Å². The Morgan fingerprint density at radius 3 is 2.57 bits per heavy atom. The van der Waals surface area contributed by atoms with E-state index in [0.717, 1.165) is 5.56 Å². The van der Waals surface area contributed by atoms with Crippen LogP contribution in [0.3, 0.4) is 0 Å². The molecule has 1 aliphatic heterocycles. The van der Waals surface area contributed by atoms with Gasteiger partial charge < -0.3 is 15.0 Å². The zero-order valence-corrected chi connectivity index (χ0v) is 16.1. The van der Waals surface area contributed by atoms with Crippen molar-refractivity contribution < 1.29 is 19.1 Å². The zero-order valence-electron chi connectivity index (χ0n) is 16.1. The number of carboxylic acid groups (broad SMARTS) is 1. The lowest BCUT2D eigenvalue weighted by Gasteiger charge is -2.33. The highest BCUT2D eigenvalue weighted by Gasteiger charge is 2.34. The minimum absolute atomic E-state index is 0.0761. The number of hydrogen-bond acceptors (Lipinski definition) is 5. The third-order valence-electron chi connectivity index (χ3n) is 5.00. The third kappa shape index (κ3) is 4.19. The molecule has 2 unspecified atom stereocenters. The Bertz CT molecular complexity index is 865. The van der Waals surface area contributed by atoms with Gasteiger partial charge in [0.2, 0.25) is 5.91 Å². The van der Waals surface area contributed by atoms with Crippen LogP contribution in [0.4, 0.5) is 4.39 Å². The van der Waals surface area contributed by atoms with Crippen molar-refractivity contribution >= 4 is 11.9 Å². The average molecular weight is 389 g/mol. The number of amides is 1. The topological polar surface area (TPSA) is 100 Å². The van der Waals surface area contributed by atoms with E-state index in [-0.39, 0.29) is 43.3 Å². The van der Waals surface area contributed by atoms with Gasteiger partial charge in [0.05, 0.1) is 25.7 Å². The number of carboxylic acids is 1. The molecule has 0 fully saturated rings. The number of carbonyl (C=O) groups excluding carboxylic acids is 1. The highest BCUT2D eigenvalue weighted by atomic mass is 19.1. The van der Waals surface area contributed by atoms with Crippen molar-refractivity contribution in [3.63, 3.8) is 0 Å². The third-order valence-corrected chi connectivity index (χ3v) is 5.00. The van der Waals surface area contributed by atoms with E-state index in [1.165, 1.54) is 12.1 Å². The summed E-state index contributed by atoms with van der Waals surface area (Å²) in [4.78, 5) is 26.0. The van der Waals surface area contributed by atoms with Crippen LogP contribution in [0.15, 0.2) is 24.3 Å². The van der Waals surface area contributed by atoms with Crippen LogP contribution in [0.1, 0.15) is 37.1 Å². The van der Waals surface area contributed by atoms with Gasteiger partial charge in [-0.15, -0.1) is 10.2 Å². The Labute approximate surface area is 162 Å². The lowest BCUT2D eigenvalue weighted by molar-refractivity contribution is -0.145. The van der Waals surface area contributed by atoms with Gasteiger partial charge in [-0.2, -0.15) is 0 Å². The molecule has 2 N–H and O–H groups in total. The van der Waals surface area contributed by atoms with Crippen LogP contribution in [0.25, 0.3) is 0 Å². The molecule has 0 spiro atoms. The molecule has 0 radical (unpaired) electrons. The number of nitrogens with one attached hydrogen (secondary N) is 1. The number of carbonyl (C=O) groups is 2. The van der Waals surface area contributed by atoms with Gasteiger partial charge in [-0.25, -0.2) is 4.39 Å². The van der Waals surface area contributed by atoms with Gasteiger partial charge in [0.25, 0.3) is 0 Å². The number of benzene rings is 1. The number of hydrogen-bond donors (Lipinski definition) is 2. The fraction of sp³-hybridized carbons (Fsp3) is 0.474. The molecule has 2 atom stereocenters. The second kappa shape index (κ2) is 8.05. The van der Waals surface area contributed by atoms with Crippen LogP contribution >= 0.6 is 0 Å². The maximum atomic E-state index is 13.2. The normalized spacial score (nSPS) is 18.0. The van der Waals surface area contributed by atoms with E-state index in [1.54, 1.807) is 28.5 Å². The van der Waals surface area contributed by atoms with Crippen LogP contribution in [0.5, 0.6) is 0 Å². The van der Waals surface area contributed by atoms with Gasteiger partial charge in [0.1, 0.15) is 23.5 Å². The van der Waals surface area contributed by atoms with E-state index < -0.39 is 12.0 Å².